The fourth-order valence-electron chi connectivity index (χ4n) is 3.73. The van der Waals surface area contributed by atoms with Crippen LogP contribution >= 0.6 is 0 Å². The lowest BCUT2D eigenvalue weighted by atomic mass is 9.81. The van der Waals surface area contributed by atoms with Crippen LogP contribution < -0.4 is 5.32 Å². The van der Waals surface area contributed by atoms with E-state index in [-0.39, 0.29) is 12.1 Å². The number of carbonyl (C=O) groups is 1. The predicted octanol–water partition coefficient (Wildman–Crippen LogP) is 2.86. The lowest BCUT2D eigenvalue weighted by Gasteiger charge is -2.34. The SMILES string of the molecule is Cc1ccc(C2COCCN2C(=O)N[C@@H]2C[C@H]2C2CCC2)o1. The Kier molecular flexibility index (Phi) is 3.60. The molecular formula is C17H24N2O3. The van der Waals surface area contributed by atoms with Gasteiger partial charge in [0.25, 0.3) is 0 Å². The van der Waals surface area contributed by atoms with Gasteiger partial charge in [-0.2, -0.15) is 0 Å². The molecule has 3 aliphatic rings. The van der Waals surface area contributed by atoms with Crippen LogP contribution in [0.4, 0.5) is 4.79 Å². The smallest absolute Gasteiger partial charge is 0.318 e. The van der Waals surface area contributed by atoms with E-state index in [0.29, 0.717) is 25.8 Å². The van der Waals surface area contributed by atoms with E-state index in [1.165, 1.54) is 19.3 Å². The predicted molar refractivity (Wildman–Crippen MR) is 81.5 cm³/mol. The van der Waals surface area contributed by atoms with Crippen LogP contribution in [0.25, 0.3) is 0 Å². The van der Waals surface area contributed by atoms with Crippen LogP contribution in [0.15, 0.2) is 16.5 Å². The van der Waals surface area contributed by atoms with E-state index in [1.54, 1.807) is 0 Å². The van der Waals surface area contributed by atoms with Gasteiger partial charge in [-0.05, 0) is 37.3 Å². The van der Waals surface area contributed by atoms with Crippen molar-refractivity contribution in [3.8, 4) is 0 Å². The average Bonchev–Trinajstić information content (AvgIpc) is 3.04. The summed E-state index contributed by atoms with van der Waals surface area (Å²) in [6.07, 6.45) is 5.22. The standard InChI is InChI=1S/C17H24N2O3/c1-11-5-6-16(22-11)15-10-21-8-7-19(15)17(20)18-14-9-13(14)12-3-2-4-12/h5-6,12-15H,2-4,7-10H2,1H3,(H,18,20)/t13-,14+,15?/m0/s1. The van der Waals surface area contributed by atoms with Gasteiger partial charge in [0.2, 0.25) is 0 Å². The van der Waals surface area contributed by atoms with Crippen molar-refractivity contribution >= 4 is 6.03 Å². The lowest BCUT2D eigenvalue weighted by molar-refractivity contribution is 0.00385. The average molecular weight is 304 g/mol. The molecule has 22 heavy (non-hydrogen) atoms. The minimum Gasteiger partial charge on any atom is -0.464 e. The Hall–Kier alpha value is -1.49. The van der Waals surface area contributed by atoms with Gasteiger partial charge in [0, 0.05) is 12.6 Å². The fraction of sp³-hybridized carbons (Fsp3) is 0.706. The third-order valence-electron chi connectivity index (χ3n) is 5.38. The van der Waals surface area contributed by atoms with Gasteiger partial charge in [0.1, 0.15) is 17.6 Å². The summed E-state index contributed by atoms with van der Waals surface area (Å²) in [5, 5.41) is 3.22. The highest BCUT2D eigenvalue weighted by molar-refractivity contribution is 5.75. The number of nitrogens with zero attached hydrogens (tertiary/aromatic N) is 1. The monoisotopic (exact) mass is 304 g/mol. The number of amides is 2. The molecule has 1 aromatic heterocycles. The number of hydrogen-bond donors (Lipinski definition) is 1. The third-order valence-corrected chi connectivity index (χ3v) is 5.38. The van der Waals surface area contributed by atoms with Crippen LogP contribution in [0.2, 0.25) is 0 Å². The number of carbonyl (C=O) groups excluding carboxylic acids is 1. The number of hydrogen-bond acceptors (Lipinski definition) is 3. The molecule has 2 saturated carbocycles. The van der Waals surface area contributed by atoms with Crippen molar-refractivity contribution in [2.24, 2.45) is 11.8 Å². The van der Waals surface area contributed by atoms with Crippen molar-refractivity contribution in [1.29, 1.82) is 0 Å². The minimum absolute atomic E-state index is 0.0363. The van der Waals surface area contributed by atoms with E-state index in [4.69, 9.17) is 9.15 Å². The van der Waals surface area contributed by atoms with Crippen LogP contribution in [-0.2, 0) is 4.74 Å². The zero-order valence-electron chi connectivity index (χ0n) is 13.1. The van der Waals surface area contributed by atoms with E-state index in [1.807, 2.05) is 24.0 Å². The van der Waals surface area contributed by atoms with Gasteiger partial charge in [0.05, 0.1) is 13.2 Å². The highest BCUT2D eigenvalue weighted by atomic mass is 16.5. The largest absolute Gasteiger partial charge is 0.464 e. The second-order valence-corrected chi connectivity index (χ2v) is 6.88. The Morgan fingerprint density at radius 2 is 2.23 bits per heavy atom. The van der Waals surface area contributed by atoms with E-state index in [2.05, 4.69) is 5.32 Å². The summed E-state index contributed by atoms with van der Waals surface area (Å²) in [6.45, 7) is 3.65. The molecule has 1 saturated heterocycles. The van der Waals surface area contributed by atoms with Crippen molar-refractivity contribution in [3.05, 3.63) is 23.7 Å². The minimum atomic E-state index is -0.108. The summed E-state index contributed by atoms with van der Waals surface area (Å²) >= 11 is 0. The third kappa shape index (κ3) is 2.62. The highest BCUT2D eigenvalue weighted by Crippen LogP contribution is 2.47. The molecule has 1 unspecified atom stereocenters. The molecule has 5 nitrogen and oxygen atoms in total. The van der Waals surface area contributed by atoms with Crippen LogP contribution in [0, 0.1) is 18.8 Å². The van der Waals surface area contributed by atoms with Gasteiger partial charge in [-0.1, -0.05) is 19.3 Å². The van der Waals surface area contributed by atoms with Crippen molar-refractivity contribution in [1.82, 2.24) is 10.2 Å². The molecule has 4 rings (SSSR count). The van der Waals surface area contributed by atoms with Crippen LogP contribution in [0.1, 0.15) is 43.2 Å². The van der Waals surface area contributed by atoms with E-state index in [9.17, 15) is 4.79 Å². The Bertz CT molecular complexity index is 552. The number of nitrogens with one attached hydrogen (secondary N) is 1. The molecule has 1 aliphatic heterocycles. The number of furan rings is 1. The highest BCUT2D eigenvalue weighted by Gasteiger charge is 2.46. The first kappa shape index (κ1) is 14.1. The molecule has 2 amide bonds. The first-order valence-electron chi connectivity index (χ1n) is 8.43. The molecule has 0 radical (unpaired) electrons. The normalized spacial score (nSPS) is 31.7. The molecule has 1 aromatic rings. The second-order valence-electron chi connectivity index (χ2n) is 6.88. The first-order valence-corrected chi connectivity index (χ1v) is 8.43. The van der Waals surface area contributed by atoms with Gasteiger partial charge in [0.15, 0.2) is 0 Å². The van der Waals surface area contributed by atoms with Crippen molar-refractivity contribution in [3.63, 3.8) is 0 Å². The summed E-state index contributed by atoms with van der Waals surface area (Å²) in [5.74, 6) is 3.27. The van der Waals surface area contributed by atoms with Crippen molar-refractivity contribution < 1.29 is 13.9 Å². The maximum atomic E-state index is 12.6. The number of urea groups is 1. The number of ether oxygens (including phenoxy) is 1. The van der Waals surface area contributed by atoms with Gasteiger partial charge >= 0.3 is 6.03 Å². The van der Waals surface area contributed by atoms with Gasteiger partial charge in [-0.15, -0.1) is 0 Å². The lowest BCUT2D eigenvalue weighted by Crippen LogP contribution is -2.49. The molecule has 3 atom stereocenters. The molecule has 120 valence electrons. The Morgan fingerprint density at radius 3 is 2.91 bits per heavy atom. The quantitative estimate of drug-likeness (QED) is 0.934. The topological polar surface area (TPSA) is 54.7 Å². The molecule has 2 heterocycles. The molecule has 5 heteroatoms. The number of aryl methyl sites for hydroxylation is 1. The molecule has 0 aromatic carbocycles. The van der Waals surface area contributed by atoms with Crippen LogP contribution in [-0.4, -0.2) is 36.7 Å². The second kappa shape index (κ2) is 5.61. The number of morpholine rings is 1. The summed E-state index contributed by atoms with van der Waals surface area (Å²) in [4.78, 5) is 14.5. The Balaban J connectivity index is 1.39. The molecule has 2 aliphatic carbocycles. The fourth-order valence-corrected chi connectivity index (χ4v) is 3.73. The molecule has 1 N–H and O–H groups in total. The van der Waals surface area contributed by atoms with Crippen LogP contribution in [0.3, 0.4) is 0 Å². The molecule has 3 fully saturated rings. The molecular weight excluding hydrogens is 280 g/mol. The Labute approximate surface area is 131 Å². The summed E-state index contributed by atoms with van der Waals surface area (Å²) in [5.41, 5.74) is 0. The van der Waals surface area contributed by atoms with E-state index >= 15 is 0 Å². The van der Waals surface area contributed by atoms with Gasteiger partial charge in [-0.3, -0.25) is 0 Å². The van der Waals surface area contributed by atoms with Gasteiger partial charge < -0.3 is 19.4 Å². The molecule has 0 spiro atoms. The van der Waals surface area contributed by atoms with E-state index in [0.717, 1.165) is 29.8 Å². The van der Waals surface area contributed by atoms with Crippen molar-refractivity contribution in [2.75, 3.05) is 19.8 Å². The summed E-state index contributed by atoms with van der Waals surface area (Å²) in [6, 6.07) is 4.20. The van der Waals surface area contributed by atoms with Crippen molar-refractivity contribution in [2.45, 2.75) is 44.7 Å². The van der Waals surface area contributed by atoms with Gasteiger partial charge in [-0.25, -0.2) is 4.79 Å². The first-order chi connectivity index (χ1) is 10.7. The van der Waals surface area contributed by atoms with Crippen LogP contribution in [0.5, 0.6) is 0 Å². The maximum absolute atomic E-state index is 12.6. The maximum Gasteiger partial charge on any atom is 0.318 e. The molecule has 0 bridgehead atoms. The van der Waals surface area contributed by atoms with E-state index < -0.39 is 0 Å². The zero-order valence-corrected chi connectivity index (χ0v) is 13.1. The summed E-state index contributed by atoms with van der Waals surface area (Å²) in [7, 11) is 0. The summed E-state index contributed by atoms with van der Waals surface area (Å²) < 4.78 is 11.3. The Morgan fingerprint density at radius 1 is 1.36 bits per heavy atom. The zero-order chi connectivity index (χ0) is 15.1. The number of rotatable bonds is 3.